The van der Waals surface area contributed by atoms with E-state index in [-0.39, 0.29) is 11.4 Å². The minimum atomic E-state index is -0.367. The van der Waals surface area contributed by atoms with E-state index in [2.05, 4.69) is 11.8 Å². The number of primary amides is 1. The molecule has 1 amide bonds. The number of carbonyl (C=O) groups is 1. The lowest BCUT2D eigenvalue weighted by Gasteiger charge is -2.23. The van der Waals surface area contributed by atoms with Gasteiger partial charge in [0.2, 0.25) is 5.91 Å². The first-order valence-corrected chi connectivity index (χ1v) is 5.33. The molecule has 0 aromatic rings. The predicted octanol–water partition coefficient (Wildman–Crippen LogP) is -0.184. The average Bonchev–Trinajstić information content (AvgIpc) is 2.77. The number of carbonyl (C=O) groups excluding carboxylic acids is 1. The van der Waals surface area contributed by atoms with Crippen molar-refractivity contribution in [2.45, 2.75) is 50.2 Å². The number of hydrogen-bond acceptors (Lipinski definition) is 3. The summed E-state index contributed by atoms with van der Waals surface area (Å²) in [6.07, 6.45) is 3.79. The third kappa shape index (κ3) is 1.91. The Morgan fingerprint density at radius 3 is 2.71 bits per heavy atom. The molecule has 80 valence electrons. The molecule has 2 aliphatic rings. The van der Waals surface area contributed by atoms with Gasteiger partial charge in [-0.3, -0.25) is 9.69 Å². The molecule has 0 bridgehead atoms. The predicted molar refractivity (Wildman–Crippen MR) is 54.5 cm³/mol. The van der Waals surface area contributed by atoms with Gasteiger partial charge < -0.3 is 11.5 Å². The molecule has 2 atom stereocenters. The van der Waals surface area contributed by atoms with Crippen LogP contribution in [0, 0.1) is 0 Å². The fourth-order valence-corrected chi connectivity index (χ4v) is 2.66. The topological polar surface area (TPSA) is 72.3 Å². The van der Waals surface area contributed by atoms with Crippen molar-refractivity contribution in [3.05, 3.63) is 0 Å². The molecular formula is C10H19N3O. The van der Waals surface area contributed by atoms with Crippen LogP contribution in [-0.2, 0) is 4.79 Å². The fourth-order valence-electron chi connectivity index (χ4n) is 2.66. The molecule has 4 heteroatoms. The molecule has 2 rings (SSSR count). The summed E-state index contributed by atoms with van der Waals surface area (Å²) in [6.45, 7) is 3.02. The molecule has 0 spiro atoms. The van der Waals surface area contributed by atoms with E-state index in [4.69, 9.17) is 11.5 Å². The highest BCUT2D eigenvalue weighted by Gasteiger charge is 2.45. The monoisotopic (exact) mass is 197 g/mol. The maximum absolute atomic E-state index is 10.9. The summed E-state index contributed by atoms with van der Waals surface area (Å²) in [6, 6.07) is 1.23. The van der Waals surface area contributed by atoms with Gasteiger partial charge in [-0.1, -0.05) is 0 Å². The van der Waals surface area contributed by atoms with Gasteiger partial charge in [0.15, 0.2) is 0 Å². The van der Waals surface area contributed by atoms with Crippen molar-refractivity contribution < 1.29 is 4.79 Å². The molecule has 4 nitrogen and oxygen atoms in total. The summed E-state index contributed by atoms with van der Waals surface area (Å²) in [5.41, 5.74) is 11.0. The number of amides is 1. The van der Waals surface area contributed by atoms with Crippen molar-refractivity contribution in [1.29, 1.82) is 0 Å². The Morgan fingerprint density at radius 2 is 2.21 bits per heavy atom. The first kappa shape index (κ1) is 9.93. The zero-order valence-electron chi connectivity index (χ0n) is 8.70. The summed E-state index contributed by atoms with van der Waals surface area (Å²) in [4.78, 5) is 13.3. The van der Waals surface area contributed by atoms with Crippen LogP contribution in [-0.4, -0.2) is 35.0 Å². The van der Waals surface area contributed by atoms with Gasteiger partial charge in [0.05, 0.1) is 0 Å². The minimum absolute atomic E-state index is 0.280. The molecule has 4 N–H and O–H groups in total. The normalized spacial score (nSPS) is 38.9. The molecule has 1 saturated heterocycles. The Morgan fingerprint density at radius 1 is 1.57 bits per heavy atom. The van der Waals surface area contributed by atoms with Crippen LogP contribution in [0.1, 0.15) is 32.6 Å². The fraction of sp³-hybridized carbons (Fsp3) is 0.900. The number of nitrogens with two attached hydrogens (primary N) is 2. The van der Waals surface area contributed by atoms with Crippen molar-refractivity contribution in [3.8, 4) is 0 Å². The zero-order chi connectivity index (χ0) is 10.3. The molecule has 1 heterocycles. The van der Waals surface area contributed by atoms with Crippen molar-refractivity contribution in [2.75, 3.05) is 6.54 Å². The lowest BCUT2D eigenvalue weighted by Crippen LogP contribution is -2.46. The van der Waals surface area contributed by atoms with Crippen molar-refractivity contribution in [2.24, 2.45) is 11.5 Å². The third-order valence-corrected chi connectivity index (χ3v) is 3.31. The number of likely N-dealkylation sites (tertiary alicyclic amines) is 1. The SMILES string of the molecule is CC1CC(N)(CC(N)=O)CN1C1CC1. The van der Waals surface area contributed by atoms with Gasteiger partial charge >= 0.3 is 0 Å². The highest BCUT2D eigenvalue weighted by Crippen LogP contribution is 2.37. The smallest absolute Gasteiger partial charge is 0.219 e. The van der Waals surface area contributed by atoms with Gasteiger partial charge in [0, 0.05) is 30.6 Å². The van der Waals surface area contributed by atoms with E-state index in [1.54, 1.807) is 0 Å². The quantitative estimate of drug-likeness (QED) is 0.659. The van der Waals surface area contributed by atoms with E-state index in [1.165, 1.54) is 12.8 Å². The van der Waals surface area contributed by atoms with E-state index in [1.807, 2.05) is 0 Å². The molecule has 0 radical (unpaired) electrons. The molecule has 0 aromatic carbocycles. The first-order chi connectivity index (χ1) is 6.50. The molecule has 0 aromatic heterocycles. The van der Waals surface area contributed by atoms with Crippen LogP contribution in [0.3, 0.4) is 0 Å². The molecule has 1 saturated carbocycles. The largest absolute Gasteiger partial charge is 0.370 e. The van der Waals surface area contributed by atoms with Crippen LogP contribution >= 0.6 is 0 Å². The molecule has 1 aliphatic carbocycles. The summed E-state index contributed by atoms with van der Waals surface area (Å²) in [5.74, 6) is -0.280. The van der Waals surface area contributed by atoms with Gasteiger partial charge in [-0.2, -0.15) is 0 Å². The van der Waals surface area contributed by atoms with Crippen LogP contribution < -0.4 is 11.5 Å². The van der Waals surface area contributed by atoms with Crippen molar-refractivity contribution in [1.82, 2.24) is 4.90 Å². The zero-order valence-corrected chi connectivity index (χ0v) is 8.70. The maximum Gasteiger partial charge on any atom is 0.219 e. The summed E-state index contributed by atoms with van der Waals surface area (Å²) < 4.78 is 0. The van der Waals surface area contributed by atoms with Crippen LogP contribution in [0.25, 0.3) is 0 Å². The highest BCUT2D eigenvalue weighted by molar-refractivity contribution is 5.75. The summed E-state index contributed by atoms with van der Waals surface area (Å²) >= 11 is 0. The van der Waals surface area contributed by atoms with E-state index < -0.39 is 0 Å². The van der Waals surface area contributed by atoms with E-state index >= 15 is 0 Å². The van der Waals surface area contributed by atoms with Crippen LogP contribution in [0.5, 0.6) is 0 Å². The molecule has 2 unspecified atom stereocenters. The van der Waals surface area contributed by atoms with E-state index in [9.17, 15) is 4.79 Å². The van der Waals surface area contributed by atoms with Gasteiger partial charge in [0.25, 0.3) is 0 Å². The lowest BCUT2D eigenvalue weighted by molar-refractivity contribution is -0.119. The molecule has 1 aliphatic heterocycles. The second-order valence-electron chi connectivity index (χ2n) is 4.96. The highest BCUT2D eigenvalue weighted by atomic mass is 16.1. The second-order valence-corrected chi connectivity index (χ2v) is 4.96. The summed E-state index contributed by atoms with van der Waals surface area (Å²) in [5, 5.41) is 0. The molecule has 14 heavy (non-hydrogen) atoms. The van der Waals surface area contributed by atoms with Crippen LogP contribution in [0.15, 0.2) is 0 Å². The van der Waals surface area contributed by atoms with Gasteiger partial charge in [-0.25, -0.2) is 0 Å². The number of nitrogens with zero attached hydrogens (tertiary/aromatic N) is 1. The van der Waals surface area contributed by atoms with Crippen LogP contribution in [0.2, 0.25) is 0 Å². The Hall–Kier alpha value is -0.610. The Labute approximate surface area is 84.6 Å². The van der Waals surface area contributed by atoms with E-state index in [0.717, 1.165) is 19.0 Å². The third-order valence-electron chi connectivity index (χ3n) is 3.31. The van der Waals surface area contributed by atoms with E-state index in [0.29, 0.717) is 12.5 Å². The second kappa shape index (κ2) is 3.21. The van der Waals surface area contributed by atoms with Crippen molar-refractivity contribution >= 4 is 5.91 Å². The van der Waals surface area contributed by atoms with Crippen molar-refractivity contribution in [3.63, 3.8) is 0 Å². The lowest BCUT2D eigenvalue weighted by atomic mass is 9.93. The first-order valence-electron chi connectivity index (χ1n) is 5.33. The molecular weight excluding hydrogens is 178 g/mol. The number of hydrogen-bond donors (Lipinski definition) is 2. The number of rotatable bonds is 3. The molecule has 2 fully saturated rings. The maximum atomic E-state index is 10.9. The van der Waals surface area contributed by atoms with Gasteiger partial charge in [0.1, 0.15) is 0 Å². The minimum Gasteiger partial charge on any atom is -0.370 e. The van der Waals surface area contributed by atoms with Crippen LogP contribution in [0.4, 0.5) is 0 Å². The average molecular weight is 197 g/mol. The summed E-state index contributed by atoms with van der Waals surface area (Å²) in [7, 11) is 0. The Kier molecular flexibility index (Phi) is 2.27. The van der Waals surface area contributed by atoms with Gasteiger partial charge in [-0.05, 0) is 26.2 Å². The Bertz CT molecular complexity index is 252. The van der Waals surface area contributed by atoms with Gasteiger partial charge in [-0.15, -0.1) is 0 Å². The standard InChI is InChI=1S/C10H19N3O/c1-7-4-10(12,5-9(11)14)6-13(7)8-2-3-8/h7-8H,2-6,12H2,1H3,(H2,11,14). The Balaban J connectivity index is 1.99.